The van der Waals surface area contributed by atoms with Crippen LogP contribution in [0.25, 0.3) is 11.0 Å². The van der Waals surface area contributed by atoms with E-state index in [0.717, 1.165) is 9.87 Å². The number of nitrogens with zero attached hydrogens (tertiary/aromatic N) is 2. The van der Waals surface area contributed by atoms with Crippen LogP contribution in [0.1, 0.15) is 31.5 Å². The summed E-state index contributed by atoms with van der Waals surface area (Å²) >= 11 is 0. The first-order valence-corrected chi connectivity index (χ1v) is 16.8. The molecule has 0 spiro atoms. The van der Waals surface area contributed by atoms with Gasteiger partial charge in [-0.15, -0.1) is 0 Å². The standard InChI is InChI=1S/C31H37F3N4O9S/c1-18(2)15-38(48(42,43)20-8-9-26-22(13-20)24(37-47-26)14-35-29(40)31(32,33)34)16-25(39)23(12-19-6-4-3-5-7-19)36-30(41)46-27-17-45-28-21(27)10-11-44-28/h3-9,13,18,21,23,25,27-28,39H,10-12,14-17H2,1-2H3,(H,35,40)(H,36,41)/t21-,23-,25+,27-,28+/m0/s1. The summed E-state index contributed by atoms with van der Waals surface area (Å²) in [6, 6.07) is 11.8. The van der Waals surface area contributed by atoms with Gasteiger partial charge in [-0.25, -0.2) is 13.2 Å². The number of aliphatic hydroxyl groups excluding tert-OH is 1. The molecular weight excluding hydrogens is 661 g/mol. The maximum Gasteiger partial charge on any atom is 0.471 e. The van der Waals surface area contributed by atoms with E-state index in [1.807, 2.05) is 18.2 Å². The number of hydrogen-bond acceptors (Lipinski definition) is 10. The summed E-state index contributed by atoms with van der Waals surface area (Å²) in [5.41, 5.74) is 0.759. The van der Waals surface area contributed by atoms with Crippen molar-refractivity contribution in [3.63, 3.8) is 0 Å². The molecular formula is C31H37F3N4O9S. The zero-order valence-electron chi connectivity index (χ0n) is 26.2. The summed E-state index contributed by atoms with van der Waals surface area (Å²) in [7, 11) is -4.33. The van der Waals surface area contributed by atoms with Crippen LogP contribution in [0.15, 0.2) is 57.9 Å². The van der Waals surface area contributed by atoms with Crippen LogP contribution in [0.4, 0.5) is 18.0 Å². The number of nitrogens with one attached hydrogen (secondary N) is 2. The van der Waals surface area contributed by atoms with Gasteiger partial charge in [-0.05, 0) is 42.5 Å². The fourth-order valence-corrected chi connectivity index (χ4v) is 7.35. The molecule has 5 atom stereocenters. The van der Waals surface area contributed by atoms with Crippen LogP contribution >= 0.6 is 0 Å². The van der Waals surface area contributed by atoms with Gasteiger partial charge in [0.25, 0.3) is 0 Å². The Balaban J connectivity index is 1.35. The SMILES string of the molecule is CC(C)CN(C[C@@H](O)[C@H](Cc1ccccc1)NC(=O)O[C@H]1CO[C@H]2OCC[C@H]21)S(=O)(=O)c1ccc2onc(CNC(=O)C(F)(F)F)c2c1. The lowest BCUT2D eigenvalue weighted by atomic mass is 10.0. The van der Waals surface area contributed by atoms with Crippen molar-refractivity contribution in [1.82, 2.24) is 20.1 Å². The van der Waals surface area contributed by atoms with Crippen molar-refractivity contribution < 1.29 is 55.0 Å². The van der Waals surface area contributed by atoms with Gasteiger partial charge in [0.2, 0.25) is 10.0 Å². The third kappa shape index (κ3) is 8.44. The molecule has 5 rings (SSSR count). The predicted molar refractivity (Wildman–Crippen MR) is 163 cm³/mol. The number of aromatic nitrogens is 1. The van der Waals surface area contributed by atoms with Gasteiger partial charge in [-0.3, -0.25) is 4.79 Å². The summed E-state index contributed by atoms with van der Waals surface area (Å²) < 4.78 is 89.0. The van der Waals surface area contributed by atoms with Gasteiger partial charge < -0.3 is 34.5 Å². The van der Waals surface area contributed by atoms with E-state index >= 15 is 0 Å². The lowest BCUT2D eigenvalue weighted by Gasteiger charge is -2.31. The molecule has 0 bridgehead atoms. The van der Waals surface area contributed by atoms with Gasteiger partial charge in [0.1, 0.15) is 11.8 Å². The molecule has 2 saturated heterocycles. The molecule has 3 N–H and O–H groups in total. The van der Waals surface area contributed by atoms with E-state index in [1.165, 1.54) is 18.2 Å². The van der Waals surface area contributed by atoms with Crippen molar-refractivity contribution in [2.45, 2.75) is 68.8 Å². The number of alkyl halides is 3. The van der Waals surface area contributed by atoms with Gasteiger partial charge in [-0.2, -0.15) is 17.5 Å². The molecule has 0 aliphatic carbocycles. The normalized spacial score (nSPS) is 21.0. The van der Waals surface area contributed by atoms with Crippen LogP contribution < -0.4 is 10.6 Å². The summed E-state index contributed by atoms with van der Waals surface area (Å²) in [6.07, 6.45) is -7.46. The maximum atomic E-state index is 14.0. The summed E-state index contributed by atoms with van der Waals surface area (Å²) in [6.45, 7) is 3.16. The van der Waals surface area contributed by atoms with E-state index in [0.29, 0.717) is 13.0 Å². The molecule has 3 aromatic rings. The van der Waals surface area contributed by atoms with Gasteiger partial charge in [0, 0.05) is 18.5 Å². The Morgan fingerprint density at radius 1 is 1.12 bits per heavy atom. The topological polar surface area (TPSA) is 170 Å². The van der Waals surface area contributed by atoms with Crippen molar-refractivity contribution in [2.75, 3.05) is 26.3 Å². The van der Waals surface area contributed by atoms with Gasteiger partial charge >= 0.3 is 18.2 Å². The average Bonchev–Trinajstić information content (AvgIpc) is 3.76. The Morgan fingerprint density at radius 2 is 1.88 bits per heavy atom. The number of carbonyl (C=O) groups excluding carboxylic acids is 2. The Hall–Kier alpha value is -3.77. The second-order valence-corrected chi connectivity index (χ2v) is 14.1. The van der Waals surface area contributed by atoms with Crippen molar-refractivity contribution in [3.05, 3.63) is 59.8 Å². The van der Waals surface area contributed by atoms with Crippen LogP contribution in [0.2, 0.25) is 0 Å². The number of amides is 2. The van der Waals surface area contributed by atoms with Gasteiger partial charge in [-0.1, -0.05) is 49.3 Å². The van der Waals surface area contributed by atoms with Gasteiger partial charge in [0.15, 0.2) is 11.9 Å². The number of fused-ring (bicyclic) bond motifs is 2. The van der Waals surface area contributed by atoms with E-state index in [-0.39, 0.29) is 53.0 Å². The summed E-state index contributed by atoms with van der Waals surface area (Å²) in [5.74, 6) is -2.48. The van der Waals surface area contributed by atoms with Crippen molar-refractivity contribution >= 4 is 33.0 Å². The number of sulfonamides is 1. The number of halogens is 3. The molecule has 262 valence electrons. The minimum atomic E-state index is -5.12. The van der Waals surface area contributed by atoms with Gasteiger partial charge in [0.05, 0.1) is 42.7 Å². The smallest absolute Gasteiger partial charge is 0.443 e. The number of carbonyl (C=O) groups is 2. The summed E-state index contributed by atoms with van der Waals surface area (Å²) in [4.78, 5) is 24.2. The predicted octanol–water partition coefficient (Wildman–Crippen LogP) is 3.11. The second kappa shape index (κ2) is 14.8. The first kappa shape index (κ1) is 35.5. The van der Waals surface area contributed by atoms with Crippen LogP contribution in [0.3, 0.4) is 0 Å². The molecule has 2 amide bonds. The second-order valence-electron chi connectivity index (χ2n) is 12.2. The largest absolute Gasteiger partial charge is 0.471 e. The minimum absolute atomic E-state index is 0.0133. The molecule has 2 aromatic carbocycles. The van der Waals surface area contributed by atoms with Crippen molar-refractivity contribution in [1.29, 1.82) is 0 Å². The summed E-state index contributed by atoms with van der Waals surface area (Å²) in [5, 5.41) is 19.7. The highest BCUT2D eigenvalue weighted by Crippen LogP contribution is 2.33. The molecule has 0 radical (unpaired) electrons. The van der Waals surface area contributed by atoms with Crippen LogP contribution in [-0.4, -0.2) is 92.0 Å². The number of rotatable bonds is 13. The van der Waals surface area contributed by atoms with Crippen LogP contribution in [-0.2, 0) is 42.0 Å². The fraction of sp³-hybridized carbons (Fsp3) is 0.516. The molecule has 1 aromatic heterocycles. The average molecular weight is 699 g/mol. The maximum absolute atomic E-state index is 14.0. The molecule has 2 aliphatic rings. The monoisotopic (exact) mass is 698 g/mol. The van der Waals surface area contributed by atoms with Crippen molar-refractivity contribution in [3.8, 4) is 0 Å². The van der Waals surface area contributed by atoms with E-state index in [9.17, 15) is 36.3 Å². The molecule has 48 heavy (non-hydrogen) atoms. The lowest BCUT2D eigenvalue weighted by molar-refractivity contribution is -0.173. The van der Waals surface area contributed by atoms with Crippen LogP contribution in [0, 0.1) is 11.8 Å². The Kier molecular flexibility index (Phi) is 10.9. The van der Waals surface area contributed by atoms with E-state index in [4.69, 9.17) is 18.7 Å². The highest BCUT2D eigenvalue weighted by Gasteiger charge is 2.44. The molecule has 13 nitrogen and oxygen atoms in total. The Bertz CT molecular complexity index is 1690. The first-order chi connectivity index (χ1) is 22.7. The Morgan fingerprint density at radius 3 is 2.58 bits per heavy atom. The number of benzene rings is 2. The lowest BCUT2D eigenvalue weighted by Crippen LogP contribution is -2.51. The van der Waals surface area contributed by atoms with E-state index in [1.54, 1.807) is 31.3 Å². The molecule has 3 heterocycles. The fourth-order valence-electron chi connectivity index (χ4n) is 5.70. The van der Waals surface area contributed by atoms with E-state index < -0.39 is 65.8 Å². The Labute approximate surface area is 274 Å². The molecule has 17 heteroatoms. The number of alkyl carbamates (subject to hydrolysis) is 1. The highest BCUT2D eigenvalue weighted by molar-refractivity contribution is 7.89. The minimum Gasteiger partial charge on any atom is -0.443 e. The van der Waals surface area contributed by atoms with E-state index in [2.05, 4.69) is 10.5 Å². The number of ether oxygens (including phenoxy) is 3. The molecule has 0 unspecified atom stereocenters. The van der Waals surface area contributed by atoms with Crippen LogP contribution in [0.5, 0.6) is 0 Å². The van der Waals surface area contributed by atoms with Crippen molar-refractivity contribution in [2.24, 2.45) is 11.8 Å². The third-order valence-corrected chi connectivity index (χ3v) is 9.92. The molecule has 0 saturated carbocycles. The zero-order chi connectivity index (χ0) is 34.6. The highest BCUT2D eigenvalue weighted by atomic mass is 32.2. The third-order valence-electron chi connectivity index (χ3n) is 8.10. The molecule has 2 fully saturated rings. The zero-order valence-corrected chi connectivity index (χ0v) is 27.0. The quantitative estimate of drug-likeness (QED) is 0.241. The first-order valence-electron chi connectivity index (χ1n) is 15.4. The number of aliphatic hydroxyl groups is 1. The number of hydrogen-bond donors (Lipinski definition) is 3. The molecule has 2 aliphatic heterocycles.